The van der Waals surface area contributed by atoms with Crippen LogP contribution < -0.4 is 16.6 Å². The van der Waals surface area contributed by atoms with Gasteiger partial charge >= 0.3 is 0 Å². The summed E-state index contributed by atoms with van der Waals surface area (Å²) in [6.45, 7) is 0. The summed E-state index contributed by atoms with van der Waals surface area (Å²) in [6.07, 6.45) is 3.10. The van der Waals surface area contributed by atoms with E-state index in [0.717, 1.165) is 12.8 Å². The highest BCUT2D eigenvalue weighted by molar-refractivity contribution is 7.99. The fourth-order valence-corrected chi connectivity index (χ4v) is 5.85. The lowest BCUT2D eigenvalue weighted by Crippen LogP contribution is -2.43. The predicted octanol–water partition coefficient (Wildman–Crippen LogP) is -0.905. The number of hydrogen-bond donors (Lipinski definition) is 3. The van der Waals surface area contributed by atoms with E-state index in [4.69, 9.17) is 5.73 Å². The van der Waals surface area contributed by atoms with Gasteiger partial charge < -0.3 is 10.3 Å². The molecule has 3 amide bonds. The average molecular weight is 445 g/mol. The summed E-state index contributed by atoms with van der Waals surface area (Å²) in [5, 5.41) is 8.80. The Hall–Kier alpha value is -2.15. The minimum absolute atomic E-state index is 0.0130. The Kier molecular flexibility index (Phi) is 6.77. The fourth-order valence-electron chi connectivity index (χ4n) is 3.16. The highest BCUT2D eigenvalue weighted by Gasteiger charge is 2.30. The molecule has 1 aliphatic carbocycles. The molecule has 160 valence electrons. The van der Waals surface area contributed by atoms with Crippen LogP contribution >= 0.6 is 11.8 Å². The minimum Gasteiger partial charge on any atom is -0.370 e. The summed E-state index contributed by atoms with van der Waals surface area (Å²) in [5.41, 5.74) is 9.84. The average Bonchev–Trinajstić information content (AvgIpc) is 3.31. The van der Waals surface area contributed by atoms with E-state index in [1.54, 1.807) is 0 Å². The number of sulfone groups is 1. The zero-order valence-electron chi connectivity index (χ0n) is 15.8. The lowest BCUT2D eigenvalue weighted by Gasteiger charge is -2.10. The molecule has 1 aliphatic heterocycles. The second kappa shape index (κ2) is 9.11. The number of hydrazine groups is 1. The number of primary amides is 1. The van der Waals surface area contributed by atoms with Crippen molar-refractivity contribution in [3.8, 4) is 0 Å². The van der Waals surface area contributed by atoms with Gasteiger partial charge in [0.2, 0.25) is 17.7 Å². The molecule has 11 nitrogen and oxygen atoms in total. The van der Waals surface area contributed by atoms with Crippen LogP contribution in [0.2, 0.25) is 0 Å². The summed E-state index contributed by atoms with van der Waals surface area (Å²) >= 11 is 1.19. The van der Waals surface area contributed by atoms with Gasteiger partial charge in [-0.3, -0.25) is 25.2 Å². The highest BCUT2D eigenvalue weighted by atomic mass is 32.2. The lowest BCUT2D eigenvalue weighted by molar-refractivity contribution is -0.128. The van der Waals surface area contributed by atoms with Crippen molar-refractivity contribution in [3.05, 3.63) is 5.82 Å². The summed E-state index contributed by atoms with van der Waals surface area (Å²) in [7, 11) is -3.04. The van der Waals surface area contributed by atoms with Crippen LogP contribution in [0.3, 0.4) is 0 Å². The van der Waals surface area contributed by atoms with E-state index >= 15 is 0 Å². The first kappa shape index (κ1) is 21.6. The van der Waals surface area contributed by atoms with Gasteiger partial charge in [-0.05, 0) is 25.2 Å². The molecule has 29 heavy (non-hydrogen) atoms. The first-order chi connectivity index (χ1) is 13.7. The summed E-state index contributed by atoms with van der Waals surface area (Å²) in [4.78, 5) is 34.9. The topological polar surface area (TPSA) is 166 Å². The third kappa shape index (κ3) is 6.42. The predicted molar refractivity (Wildman–Crippen MR) is 104 cm³/mol. The van der Waals surface area contributed by atoms with Crippen LogP contribution in [0.4, 0.5) is 0 Å². The Morgan fingerprint density at radius 2 is 1.86 bits per heavy atom. The van der Waals surface area contributed by atoms with Gasteiger partial charge in [0.15, 0.2) is 15.0 Å². The molecule has 2 aliphatic rings. The number of aromatic nitrogens is 3. The Labute approximate surface area is 172 Å². The number of nitrogens with zero attached hydrogens (tertiary/aromatic N) is 3. The van der Waals surface area contributed by atoms with Crippen LogP contribution in [0.1, 0.15) is 44.0 Å². The number of amides is 3. The number of nitrogens with one attached hydrogen (secondary N) is 2. The van der Waals surface area contributed by atoms with Gasteiger partial charge in [0.05, 0.1) is 17.3 Å². The van der Waals surface area contributed by atoms with Crippen LogP contribution in [0.15, 0.2) is 5.16 Å². The number of hydrogen-bond acceptors (Lipinski definition) is 8. The van der Waals surface area contributed by atoms with Gasteiger partial charge in [0, 0.05) is 25.3 Å². The van der Waals surface area contributed by atoms with E-state index in [9.17, 15) is 22.8 Å². The van der Waals surface area contributed by atoms with Crippen LogP contribution in [0.25, 0.3) is 0 Å². The first-order valence-corrected chi connectivity index (χ1v) is 12.2. The van der Waals surface area contributed by atoms with Crippen molar-refractivity contribution in [1.82, 2.24) is 25.6 Å². The lowest BCUT2D eigenvalue weighted by atomic mass is 10.1. The first-order valence-electron chi connectivity index (χ1n) is 9.36. The molecule has 1 atom stereocenters. The quantitative estimate of drug-likeness (QED) is 0.325. The van der Waals surface area contributed by atoms with Gasteiger partial charge in [-0.15, -0.1) is 10.2 Å². The van der Waals surface area contributed by atoms with Crippen molar-refractivity contribution >= 4 is 39.3 Å². The second-order valence-electron chi connectivity index (χ2n) is 7.32. The third-order valence-electron chi connectivity index (χ3n) is 4.72. The number of carbonyl (C=O) groups excluding carboxylic acids is 3. The number of carbonyl (C=O) groups is 3. The van der Waals surface area contributed by atoms with E-state index in [1.165, 1.54) is 11.8 Å². The molecule has 3 rings (SSSR count). The van der Waals surface area contributed by atoms with Gasteiger partial charge in [0.25, 0.3) is 0 Å². The fraction of sp³-hybridized carbons (Fsp3) is 0.688. The van der Waals surface area contributed by atoms with Crippen molar-refractivity contribution in [2.75, 3.05) is 17.3 Å². The molecule has 2 fully saturated rings. The zero-order chi connectivity index (χ0) is 21.0. The number of rotatable bonds is 9. The molecule has 0 bridgehead atoms. The number of aryl methyl sites for hydroxylation is 1. The standard InChI is InChI=1S/C16H24N6O5S2/c17-12(23)3-4-13-18-21-16(22(13)11-1-2-11)28-8-15(25)20-19-14(24)7-10-5-6-29(26,27)9-10/h10-11H,1-9H2,(H2,17,23)(H,19,24)(H,20,25)/t10-/m0/s1. The van der Waals surface area contributed by atoms with Gasteiger partial charge in [-0.2, -0.15) is 0 Å². The summed E-state index contributed by atoms with van der Waals surface area (Å²) < 4.78 is 24.8. The summed E-state index contributed by atoms with van der Waals surface area (Å²) in [5.74, 6) is -0.618. The van der Waals surface area contributed by atoms with Gasteiger partial charge in [-0.1, -0.05) is 11.8 Å². The van der Waals surface area contributed by atoms with E-state index in [-0.39, 0.29) is 42.1 Å². The number of thioether (sulfide) groups is 1. The third-order valence-corrected chi connectivity index (χ3v) is 7.50. The highest BCUT2D eigenvalue weighted by Crippen LogP contribution is 2.38. The van der Waals surface area contributed by atoms with Gasteiger partial charge in [-0.25, -0.2) is 8.42 Å². The molecule has 0 aromatic carbocycles. The second-order valence-corrected chi connectivity index (χ2v) is 10.5. The SMILES string of the molecule is NC(=O)CCc1nnc(SCC(=O)NNC(=O)C[C@@H]2CCS(=O)(=O)C2)n1C1CC1. The Bertz CT molecular complexity index is 896. The normalized spacial score (nSPS) is 20.3. The summed E-state index contributed by atoms with van der Waals surface area (Å²) in [6, 6.07) is 0.279. The zero-order valence-corrected chi connectivity index (χ0v) is 17.4. The van der Waals surface area contributed by atoms with E-state index in [0.29, 0.717) is 23.8 Å². The minimum atomic E-state index is -3.04. The van der Waals surface area contributed by atoms with Crippen molar-refractivity contribution in [2.45, 2.75) is 49.7 Å². The van der Waals surface area contributed by atoms with Crippen LogP contribution in [-0.4, -0.2) is 58.2 Å². The molecular formula is C16H24N6O5S2. The largest absolute Gasteiger partial charge is 0.370 e. The molecule has 2 heterocycles. The molecule has 1 saturated heterocycles. The number of nitrogens with two attached hydrogens (primary N) is 1. The van der Waals surface area contributed by atoms with Crippen LogP contribution in [0.5, 0.6) is 0 Å². The van der Waals surface area contributed by atoms with Crippen molar-refractivity contribution in [3.63, 3.8) is 0 Å². The molecular weight excluding hydrogens is 420 g/mol. The smallest absolute Gasteiger partial charge is 0.248 e. The monoisotopic (exact) mass is 444 g/mol. The van der Waals surface area contributed by atoms with Crippen LogP contribution in [-0.2, 0) is 30.6 Å². The Morgan fingerprint density at radius 3 is 2.48 bits per heavy atom. The Morgan fingerprint density at radius 1 is 1.14 bits per heavy atom. The maximum Gasteiger partial charge on any atom is 0.248 e. The maximum atomic E-state index is 12.0. The van der Waals surface area contributed by atoms with Crippen molar-refractivity contribution in [1.29, 1.82) is 0 Å². The molecule has 0 spiro atoms. The molecule has 1 aromatic rings. The van der Waals surface area contributed by atoms with E-state index < -0.39 is 27.6 Å². The molecule has 4 N–H and O–H groups in total. The molecule has 0 radical (unpaired) electrons. The maximum absolute atomic E-state index is 12.0. The Balaban J connectivity index is 1.43. The van der Waals surface area contributed by atoms with E-state index in [1.807, 2.05) is 4.57 Å². The molecule has 13 heteroatoms. The molecule has 1 aromatic heterocycles. The van der Waals surface area contributed by atoms with Crippen LogP contribution in [0, 0.1) is 5.92 Å². The molecule has 0 unspecified atom stereocenters. The van der Waals surface area contributed by atoms with E-state index in [2.05, 4.69) is 21.0 Å². The molecule has 1 saturated carbocycles. The van der Waals surface area contributed by atoms with Crippen molar-refractivity contribution in [2.24, 2.45) is 11.7 Å². The van der Waals surface area contributed by atoms with Crippen molar-refractivity contribution < 1.29 is 22.8 Å². The van der Waals surface area contributed by atoms with Gasteiger partial charge in [0.1, 0.15) is 5.82 Å².